The molecule has 1 amide bonds. The number of aromatic amines is 1. The molecule has 0 spiro atoms. The maximum absolute atomic E-state index is 12.9. The van der Waals surface area contributed by atoms with Crippen molar-refractivity contribution in [2.45, 2.75) is 38.5 Å². The van der Waals surface area contributed by atoms with Gasteiger partial charge >= 0.3 is 0 Å². The zero-order valence-electron chi connectivity index (χ0n) is 15.7. The van der Waals surface area contributed by atoms with Crippen molar-refractivity contribution in [2.24, 2.45) is 0 Å². The molecule has 1 atom stereocenters. The maximum atomic E-state index is 12.9. The lowest BCUT2D eigenvalue weighted by molar-refractivity contribution is 0.0664. The molecule has 140 valence electrons. The van der Waals surface area contributed by atoms with Crippen molar-refractivity contribution in [3.63, 3.8) is 0 Å². The number of piperidine rings is 1. The first-order valence-electron chi connectivity index (χ1n) is 9.48. The van der Waals surface area contributed by atoms with Crippen LogP contribution < -0.4 is 0 Å². The third-order valence-corrected chi connectivity index (χ3v) is 5.20. The van der Waals surface area contributed by atoms with Crippen LogP contribution in [-0.4, -0.2) is 39.3 Å². The number of benzene rings is 1. The molecule has 0 radical (unpaired) electrons. The van der Waals surface area contributed by atoms with Crippen molar-refractivity contribution in [3.8, 4) is 11.1 Å². The molecule has 1 N–H and O–H groups in total. The van der Waals surface area contributed by atoms with Crippen molar-refractivity contribution < 1.29 is 9.32 Å². The number of carbonyl (C=O) groups is 1. The fourth-order valence-electron chi connectivity index (χ4n) is 3.67. The summed E-state index contributed by atoms with van der Waals surface area (Å²) in [6.07, 6.45) is 3.85. The highest BCUT2D eigenvalue weighted by molar-refractivity contribution is 5.91. The van der Waals surface area contributed by atoms with Crippen molar-refractivity contribution in [2.75, 3.05) is 13.1 Å². The van der Waals surface area contributed by atoms with Crippen LogP contribution in [0.1, 0.15) is 60.5 Å². The van der Waals surface area contributed by atoms with Crippen LogP contribution in [0.3, 0.4) is 0 Å². The number of hydrogen-bond acceptors (Lipinski definition) is 4. The predicted octanol–water partition coefficient (Wildman–Crippen LogP) is 4.21. The third kappa shape index (κ3) is 3.52. The van der Waals surface area contributed by atoms with E-state index >= 15 is 0 Å². The number of aromatic nitrogens is 3. The second-order valence-corrected chi connectivity index (χ2v) is 7.42. The van der Waals surface area contributed by atoms with Gasteiger partial charge in [-0.2, -0.15) is 5.10 Å². The smallest absolute Gasteiger partial charge is 0.292 e. The Balaban J connectivity index is 1.54. The van der Waals surface area contributed by atoms with Gasteiger partial charge in [-0.3, -0.25) is 9.89 Å². The van der Waals surface area contributed by atoms with Crippen LogP contribution in [0.5, 0.6) is 0 Å². The van der Waals surface area contributed by atoms with Gasteiger partial charge in [0.1, 0.15) is 0 Å². The van der Waals surface area contributed by atoms with Crippen LogP contribution >= 0.6 is 0 Å². The monoisotopic (exact) mass is 364 g/mol. The third-order valence-electron chi connectivity index (χ3n) is 5.20. The lowest BCUT2D eigenvalue weighted by atomic mass is 9.90. The molecule has 1 saturated heterocycles. The quantitative estimate of drug-likeness (QED) is 0.752. The number of amides is 1. The number of nitrogens with zero attached hydrogens (tertiary/aromatic N) is 3. The minimum absolute atomic E-state index is 0.0834. The topological polar surface area (TPSA) is 75.0 Å². The van der Waals surface area contributed by atoms with Gasteiger partial charge in [0.2, 0.25) is 5.76 Å². The highest BCUT2D eigenvalue weighted by atomic mass is 16.5. The van der Waals surface area contributed by atoms with Gasteiger partial charge in [0.25, 0.3) is 5.91 Å². The van der Waals surface area contributed by atoms with Gasteiger partial charge in [-0.05, 0) is 24.3 Å². The Morgan fingerprint density at radius 1 is 1.30 bits per heavy atom. The SMILES string of the molecule is CC(C)c1cc(C(=O)N2CCC[C@@H](c3[nH]ncc3-c3ccccc3)C2)on1. The van der Waals surface area contributed by atoms with Crippen LogP contribution in [-0.2, 0) is 0 Å². The molecular formula is C21H24N4O2. The average molecular weight is 364 g/mol. The summed E-state index contributed by atoms with van der Waals surface area (Å²) in [4.78, 5) is 14.7. The first-order chi connectivity index (χ1) is 13.1. The first kappa shape index (κ1) is 17.5. The van der Waals surface area contributed by atoms with Gasteiger partial charge in [-0.1, -0.05) is 49.3 Å². The molecule has 3 heterocycles. The van der Waals surface area contributed by atoms with Crippen molar-refractivity contribution >= 4 is 5.91 Å². The van der Waals surface area contributed by atoms with Gasteiger partial charge in [-0.25, -0.2) is 0 Å². The summed E-state index contributed by atoms with van der Waals surface area (Å²) >= 11 is 0. The molecule has 0 bridgehead atoms. The zero-order chi connectivity index (χ0) is 18.8. The number of H-pyrrole nitrogens is 1. The summed E-state index contributed by atoms with van der Waals surface area (Å²) in [5.74, 6) is 0.711. The Hall–Kier alpha value is -2.89. The van der Waals surface area contributed by atoms with E-state index in [1.54, 1.807) is 6.07 Å². The molecule has 1 aliphatic rings. The number of hydrogen-bond donors (Lipinski definition) is 1. The Kier molecular flexibility index (Phi) is 4.79. The van der Waals surface area contributed by atoms with Gasteiger partial charge in [0.05, 0.1) is 11.9 Å². The first-order valence-corrected chi connectivity index (χ1v) is 9.48. The molecule has 3 aromatic rings. The van der Waals surface area contributed by atoms with Crippen molar-refractivity contribution in [1.82, 2.24) is 20.3 Å². The Bertz CT molecular complexity index is 913. The fraction of sp³-hybridized carbons (Fsp3) is 0.381. The standard InChI is InChI=1S/C21H24N4O2/c1-14(2)18-11-19(27-24-18)21(26)25-10-6-9-16(13-25)20-17(12-22-23-20)15-7-4-3-5-8-15/h3-5,7-8,11-12,14,16H,6,9-10,13H2,1-2H3,(H,22,23)/t16-/m1/s1. The predicted molar refractivity (Wildman–Crippen MR) is 102 cm³/mol. The van der Waals surface area contributed by atoms with E-state index in [1.165, 1.54) is 0 Å². The van der Waals surface area contributed by atoms with E-state index in [-0.39, 0.29) is 17.7 Å². The van der Waals surface area contributed by atoms with Crippen LogP contribution in [0.2, 0.25) is 0 Å². The number of rotatable bonds is 4. The molecule has 1 aliphatic heterocycles. The molecule has 0 aliphatic carbocycles. The number of nitrogens with one attached hydrogen (secondary N) is 1. The van der Waals surface area contributed by atoms with E-state index in [0.717, 1.165) is 41.9 Å². The minimum Gasteiger partial charge on any atom is -0.351 e. The van der Waals surface area contributed by atoms with E-state index in [9.17, 15) is 4.79 Å². The molecular weight excluding hydrogens is 340 g/mol. The van der Waals surface area contributed by atoms with Crippen LogP contribution in [0.25, 0.3) is 11.1 Å². The summed E-state index contributed by atoms with van der Waals surface area (Å²) in [5, 5.41) is 11.5. The summed E-state index contributed by atoms with van der Waals surface area (Å²) in [6, 6.07) is 12.0. The Morgan fingerprint density at radius 2 is 2.11 bits per heavy atom. The normalized spacial score (nSPS) is 17.4. The fourth-order valence-corrected chi connectivity index (χ4v) is 3.67. The van der Waals surface area contributed by atoms with E-state index < -0.39 is 0 Å². The molecule has 6 nitrogen and oxygen atoms in total. The van der Waals surface area contributed by atoms with E-state index in [1.807, 2.05) is 43.1 Å². The summed E-state index contributed by atoms with van der Waals surface area (Å²) < 4.78 is 5.30. The molecule has 1 aromatic carbocycles. The lowest BCUT2D eigenvalue weighted by Crippen LogP contribution is -2.39. The van der Waals surface area contributed by atoms with Gasteiger partial charge < -0.3 is 9.42 Å². The molecule has 27 heavy (non-hydrogen) atoms. The largest absolute Gasteiger partial charge is 0.351 e. The average Bonchev–Trinajstić information content (AvgIpc) is 3.38. The van der Waals surface area contributed by atoms with E-state index in [0.29, 0.717) is 12.3 Å². The van der Waals surface area contributed by atoms with Crippen molar-refractivity contribution in [3.05, 3.63) is 59.7 Å². The minimum atomic E-state index is -0.0834. The van der Waals surface area contributed by atoms with Crippen molar-refractivity contribution in [1.29, 1.82) is 0 Å². The molecule has 0 saturated carbocycles. The summed E-state index contributed by atoms with van der Waals surface area (Å²) in [6.45, 7) is 5.46. The second-order valence-electron chi connectivity index (χ2n) is 7.42. The van der Waals surface area contributed by atoms with Crippen LogP contribution in [0.15, 0.2) is 47.1 Å². The highest BCUT2D eigenvalue weighted by Gasteiger charge is 2.30. The number of likely N-dealkylation sites (tertiary alicyclic amines) is 1. The molecule has 6 heteroatoms. The zero-order valence-corrected chi connectivity index (χ0v) is 15.7. The van der Waals surface area contributed by atoms with Crippen LogP contribution in [0.4, 0.5) is 0 Å². The van der Waals surface area contributed by atoms with E-state index in [2.05, 4.69) is 27.5 Å². The Labute approximate surface area is 158 Å². The lowest BCUT2D eigenvalue weighted by Gasteiger charge is -2.32. The van der Waals surface area contributed by atoms with Gasteiger partial charge in [0, 0.05) is 36.3 Å². The highest BCUT2D eigenvalue weighted by Crippen LogP contribution is 2.33. The molecule has 0 unspecified atom stereocenters. The maximum Gasteiger partial charge on any atom is 0.292 e. The van der Waals surface area contributed by atoms with Crippen LogP contribution in [0, 0.1) is 0 Å². The molecule has 4 rings (SSSR count). The van der Waals surface area contributed by atoms with Gasteiger partial charge in [0.15, 0.2) is 0 Å². The summed E-state index contributed by atoms with van der Waals surface area (Å²) in [5.41, 5.74) is 4.16. The molecule has 2 aromatic heterocycles. The second kappa shape index (κ2) is 7.39. The number of carbonyl (C=O) groups excluding carboxylic acids is 1. The van der Waals surface area contributed by atoms with E-state index in [4.69, 9.17) is 4.52 Å². The van der Waals surface area contributed by atoms with Gasteiger partial charge in [-0.15, -0.1) is 0 Å². The Morgan fingerprint density at radius 3 is 2.85 bits per heavy atom. The molecule has 1 fully saturated rings. The summed E-state index contributed by atoms with van der Waals surface area (Å²) in [7, 11) is 0.